The molecule has 0 aromatic carbocycles. The largest absolute Gasteiger partial charge is 0.396 e. The fraction of sp³-hybridized carbons (Fsp3) is 1.00. The molecule has 0 unspecified atom stereocenters. The van der Waals surface area contributed by atoms with Crippen molar-refractivity contribution < 1.29 is 20.1 Å². The lowest BCUT2D eigenvalue weighted by Crippen LogP contribution is -2.04. The zero-order chi connectivity index (χ0) is 8.53. The van der Waals surface area contributed by atoms with Crippen LogP contribution < -0.4 is 0 Å². The van der Waals surface area contributed by atoms with E-state index in [1.807, 2.05) is 0 Å². The lowest BCUT2D eigenvalue weighted by atomic mass is 10.9. The molecule has 0 heterocycles. The Kier molecular flexibility index (Phi) is 8.57. The second-order valence-electron chi connectivity index (χ2n) is 2.03. The molecule has 0 aromatic rings. The van der Waals surface area contributed by atoms with Crippen molar-refractivity contribution in [1.82, 2.24) is 0 Å². The lowest BCUT2D eigenvalue weighted by molar-refractivity contribution is 0.0222. The molecule has 0 radical (unpaired) electrons. The molecule has 5 heteroatoms. The molecular formula is C6H15O4P. The number of aliphatic hydroxyl groups is 3. The van der Waals surface area contributed by atoms with Crippen molar-refractivity contribution in [3.05, 3.63) is 0 Å². The normalized spacial score (nSPS) is 10.9. The molecule has 0 amide bonds. The number of ether oxygens (including phenoxy) is 1. The molecule has 0 saturated heterocycles. The van der Waals surface area contributed by atoms with E-state index in [2.05, 4.69) is 0 Å². The third-order valence-corrected chi connectivity index (χ3v) is 3.41. The van der Waals surface area contributed by atoms with Crippen LogP contribution in [0.25, 0.3) is 0 Å². The highest BCUT2D eigenvalue weighted by molar-refractivity contribution is 7.57. The summed E-state index contributed by atoms with van der Waals surface area (Å²) in [5.74, 6) is 0. The maximum absolute atomic E-state index is 8.58. The number of rotatable bonds is 7. The van der Waals surface area contributed by atoms with E-state index < -0.39 is 7.92 Å². The molecule has 0 aliphatic carbocycles. The third kappa shape index (κ3) is 6.66. The first-order chi connectivity index (χ1) is 5.35. The van der Waals surface area contributed by atoms with Gasteiger partial charge < -0.3 is 20.1 Å². The number of aliphatic hydroxyl groups excluding tert-OH is 3. The molecule has 0 rings (SSSR count). The lowest BCUT2D eigenvalue weighted by Gasteiger charge is -2.13. The second-order valence-corrected chi connectivity index (χ2v) is 4.52. The van der Waals surface area contributed by atoms with Gasteiger partial charge in [-0.1, -0.05) is 7.92 Å². The molecule has 0 bridgehead atoms. The molecule has 4 nitrogen and oxygen atoms in total. The van der Waals surface area contributed by atoms with Gasteiger partial charge in [0.25, 0.3) is 0 Å². The van der Waals surface area contributed by atoms with Crippen molar-refractivity contribution in [3.8, 4) is 0 Å². The highest BCUT2D eigenvalue weighted by Gasteiger charge is 2.05. The fourth-order valence-electron chi connectivity index (χ4n) is 0.694. The van der Waals surface area contributed by atoms with Gasteiger partial charge in [-0.15, -0.1) is 0 Å². The number of hydrogen-bond donors (Lipinski definition) is 3. The van der Waals surface area contributed by atoms with Gasteiger partial charge in [-0.25, -0.2) is 0 Å². The van der Waals surface area contributed by atoms with Crippen molar-refractivity contribution in [3.63, 3.8) is 0 Å². The average Bonchev–Trinajstić information content (AvgIpc) is 2.01. The van der Waals surface area contributed by atoms with Gasteiger partial charge in [-0.05, 0) is 12.3 Å². The molecule has 68 valence electrons. The molecular weight excluding hydrogens is 167 g/mol. The Bertz CT molecular complexity index is 75.0. The first kappa shape index (κ1) is 11.3. The second kappa shape index (κ2) is 8.37. The Morgan fingerprint density at radius 3 is 1.91 bits per heavy atom. The van der Waals surface area contributed by atoms with E-state index in [9.17, 15) is 0 Å². The highest BCUT2D eigenvalue weighted by Crippen LogP contribution is 2.33. The SMILES string of the molecule is OCCP(CCO)COCO. The van der Waals surface area contributed by atoms with Gasteiger partial charge in [0.1, 0.15) is 6.79 Å². The van der Waals surface area contributed by atoms with Gasteiger partial charge in [-0.2, -0.15) is 0 Å². The van der Waals surface area contributed by atoms with Crippen LogP contribution in [0, 0.1) is 0 Å². The molecule has 0 saturated carbocycles. The van der Waals surface area contributed by atoms with Crippen molar-refractivity contribution >= 4 is 7.92 Å². The molecule has 0 spiro atoms. The molecule has 0 aliphatic rings. The van der Waals surface area contributed by atoms with E-state index in [4.69, 9.17) is 20.1 Å². The quantitative estimate of drug-likeness (QED) is 0.362. The zero-order valence-electron chi connectivity index (χ0n) is 6.44. The van der Waals surface area contributed by atoms with Gasteiger partial charge >= 0.3 is 0 Å². The minimum absolute atomic E-state index is 0.125. The van der Waals surface area contributed by atoms with E-state index in [1.165, 1.54) is 0 Å². The predicted molar refractivity (Wildman–Crippen MR) is 43.9 cm³/mol. The maximum atomic E-state index is 8.58. The third-order valence-electron chi connectivity index (χ3n) is 1.20. The Labute approximate surface area is 67.6 Å². The first-order valence-corrected chi connectivity index (χ1v) is 5.37. The van der Waals surface area contributed by atoms with Crippen LogP contribution >= 0.6 is 7.92 Å². The molecule has 0 fully saturated rings. The first-order valence-electron chi connectivity index (χ1n) is 3.47. The van der Waals surface area contributed by atoms with Gasteiger partial charge in [-0.3, -0.25) is 0 Å². The fourth-order valence-corrected chi connectivity index (χ4v) is 2.08. The molecule has 0 aromatic heterocycles. The summed E-state index contributed by atoms with van der Waals surface area (Å²) >= 11 is 0. The van der Waals surface area contributed by atoms with E-state index in [1.54, 1.807) is 0 Å². The summed E-state index contributed by atoms with van der Waals surface area (Å²) in [6, 6.07) is 0. The highest BCUT2D eigenvalue weighted by atomic mass is 31.1. The van der Waals surface area contributed by atoms with Crippen LogP contribution in [-0.2, 0) is 4.74 Å². The van der Waals surface area contributed by atoms with Crippen molar-refractivity contribution in [1.29, 1.82) is 0 Å². The summed E-state index contributed by atoms with van der Waals surface area (Å²) in [6.07, 6.45) is 1.82. The number of hydrogen-bond acceptors (Lipinski definition) is 4. The van der Waals surface area contributed by atoms with Crippen molar-refractivity contribution in [2.75, 3.05) is 38.7 Å². The summed E-state index contributed by atoms with van der Waals surface area (Å²) < 4.78 is 4.76. The van der Waals surface area contributed by atoms with Crippen LogP contribution in [0.5, 0.6) is 0 Å². The van der Waals surface area contributed by atoms with E-state index in [-0.39, 0.29) is 20.0 Å². The van der Waals surface area contributed by atoms with E-state index >= 15 is 0 Å². The summed E-state index contributed by atoms with van der Waals surface area (Å²) in [7, 11) is -0.449. The summed E-state index contributed by atoms with van der Waals surface area (Å²) in [5, 5.41) is 25.5. The van der Waals surface area contributed by atoms with Gasteiger partial charge in [0.2, 0.25) is 0 Å². The predicted octanol–water partition coefficient (Wildman–Crippen LogP) is -0.623. The van der Waals surface area contributed by atoms with Crippen LogP contribution in [0.4, 0.5) is 0 Å². The summed E-state index contributed by atoms with van der Waals surface area (Å²) in [4.78, 5) is 0. The van der Waals surface area contributed by atoms with Crippen LogP contribution in [0.2, 0.25) is 0 Å². The molecule has 11 heavy (non-hydrogen) atoms. The minimum Gasteiger partial charge on any atom is -0.396 e. The Hall–Kier alpha value is 0.270. The van der Waals surface area contributed by atoms with Crippen molar-refractivity contribution in [2.24, 2.45) is 0 Å². The van der Waals surface area contributed by atoms with Crippen LogP contribution in [0.3, 0.4) is 0 Å². The van der Waals surface area contributed by atoms with Crippen LogP contribution in [-0.4, -0.2) is 54.0 Å². The van der Waals surface area contributed by atoms with E-state index in [0.717, 1.165) is 0 Å². The van der Waals surface area contributed by atoms with Gasteiger partial charge in [0, 0.05) is 13.2 Å². The van der Waals surface area contributed by atoms with E-state index in [0.29, 0.717) is 18.7 Å². The monoisotopic (exact) mass is 182 g/mol. The zero-order valence-corrected chi connectivity index (χ0v) is 7.33. The van der Waals surface area contributed by atoms with Crippen molar-refractivity contribution in [2.45, 2.75) is 0 Å². The minimum atomic E-state index is -0.449. The summed E-state index contributed by atoms with van der Waals surface area (Å²) in [6.45, 7) is -0.0311. The van der Waals surface area contributed by atoms with Gasteiger partial charge in [0.15, 0.2) is 0 Å². The molecule has 0 aliphatic heterocycles. The van der Waals surface area contributed by atoms with Crippen LogP contribution in [0.15, 0.2) is 0 Å². The summed E-state index contributed by atoms with van der Waals surface area (Å²) in [5.41, 5.74) is 0. The Morgan fingerprint density at radius 2 is 1.55 bits per heavy atom. The Balaban J connectivity index is 3.34. The smallest absolute Gasteiger partial charge is 0.144 e. The molecule has 0 atom stereocenters. The standard InChI is InChI=1S/C6H15O4P/c7-1-3-11(4-2-8)6-10-5-9/h7-9H,1-6H2. The maximum Gasteiger partial charge on any atom is 0.144 e. The van der Waals surface area contributed by atoms with Gasteiger partial charge in [0.05, 0.1) is 6.35 Å². The average molecular weight is 182 g/mol. The Morgan fingerprint density at radius 1 is 1.00 bits per heavy atom. The van der Waals surface area contributed by atoms with Crippen LogP contribution in [0.1, 0.15) is 0 Å². The topological polar surface area (TPSA) is 69.9 Å². The molecule has 3 N–H and O–H groups in total.